The molecule has 0 radical (unpaired) electrons. The normalized spacial score (nSPS) is 11.7. The summed E-state index contributed by atoms with van der Waals surface area (Å²) in [6, 6.07) is 36.1. The fraction of sp³-hybridized carbons (Fsp3) is 0. The lowest BCUT2D eigenvalue weighted by Gasteiger charge is -2.10. The largest absolute Gasteiger partial charge is 0.456 e. The van der Waals surface area contributed by atoms with Crippen LogP contribution in [0.15, 0.2) is 118 Å². The number of hydrogen-bond donors (Lipinski definition) is 0. The highest BCUT2D eigenvalue weighted by molar-refractivity contribution is 6.28. The van der Waals surface area contributed by atoms with Crippen LogP contribution in [-0.4, -0.2) is 15.0 Å². The maximum Gasteiger partial charge on any atom is 0.226 e. The average Bonchev–Trinajstić information content (AvgIpc) is 3.55. The zero-order valence-corrected chi connectivity index (χ0v) is 21.2. The molecule has 0 saturated carbocycles. The Balaban J connectivity index is 1.46. The first-order chi connectivity index (χ1) is 19.2. The molecule has 8 aromatic rings. The van der Waals surface area contributed by atoms with Crippen LogP contribution in [0.5, 0.6) is 0 Å². The fourth-order valence-corrected chi connectivity index (χ4v) is 5.51. The lowest BCUT2D eigenvalue weighted by atomic mass is 9.95. The standard InChI is InChI=1S/C33H18ClN3O2/c34-33-36-31(19-9-2-1-3-10-19)35-32(37-33)20-17-24-21-11-4-6-14-26(21)39-30(24)25(18-20)22-13-8-16-28-29(22)23-12-5-7-15-27(23)38-28/h1-18H. The molecule has 0 N–H and O–H groups in total. The number of halogens is 1. The van der Waals surface area contributed by atoms with Crippen LogP contribution in [0.25, 0.3) is 77.8 Å². The van der Waals surface area contributed by atoms with Gasteiger partial charge in [0.25, 0.3) is 0 Å². The summed E-state index contributed by atoms with van der Waals surface area (Å²) in [6.45, 7) is 0. The van der Waals surface area contributed by atoms with E-state index in [9.17, 15) is 0 Å². The number of fused-ring (bicyclic) bond motifs is 6. The average molecular weight is 524 g/mol. The van der Waals surface area contributed by atoms with Crippen LogP contribution in [0.4, 0.5) is 0 Å². The van der Waals surface area contributed by atoms with E-state index in [1.807, 2.05) is 78.9 Å². The molecule has 8 rings (SSSR count). The summed E-state index contributed by atoms with van der Waals surface area (Å²) in [4.78, 5) is 13.8. The number of furan rings is 2. The molecular formula is C33H18ClN3O2. The Labute approximate surface area is 227 Å². The van der Waals surface area contributed by atoms with Crippen LogP contribution in [-0.2, 0) is 0 Å². The van der Waals surface area contributed by atoms with Gasteiger partial charge in [0.1, 0.15) is 22.3 Å². The molecule has 6 heteroatoms. The Morgan fingerprint density at radius 3 is 1.97 bits per heavy atom. The Hall–Kier alpha value is -5.00. The molecule has 39 heavy (non-hydrogen) atoms. The van der Waals surface area contributed by atoms with Crippen molar-refractivity contribution in [1.82, 2.24) is 15.0 Å². The molecule has 0 spiro atoms. The molecule has 0 amide bonds. The quantitative estimate of drug-likeness (QED) is 0.231. The molecule has 0 fully saturated rings. The van der Waals surface area contributed by atoms with E-state index in [2.05, 4.69) is 40.3 Å². The van der Waals surface area contributed by atoms with Crippen molar-refractivity contribution in [2.45, 2.75) is 0 Å². The Kier molecular flexibility index (Phi) is 4.81. The predicted molar refractivity (Wildman–Crippen MR) is 156 cm³/mol. The predicted octanol–water partition coefficient (Wildman–Crippen LogP) is 9.32. The van der Waals surface area contributed by atoms with Crippen LogP contribution < -0.4 is 0 Å². The SMILES string of the molecule is Clc1nc(-c2ccccc2)nc(-c2cc(-c3cccc4oc5ccccc5c34)c3oc4ccccc4c3c2)n1. The number of nitrogens with zero attached hydrogens (tertiary/aromatic N) is 3. The first-order valence-electron chi connectivity index (χ1n) is 12.6. The smallest absolute Gasteiger partial charge is 0.226 e. The minimum atomic E-state index is 0.139. The van der Waals surface area contributed by atoms with Gasteiger partial charge in [-0.1, -0.05) is 78.9 Å². The van der Waals surface area contributed by atoms with E-state index in [4.69, 9.17) is 25.4 Å². The van der Waals surface area contributed by atoms with Gasteiger partial charge in [-0.3, -0.25) is 0 Å². The topological polar surface area (TPSA) is 65.0 Å². The van der Waals surface area contributed by atoms with Gasteiger partial charge >= 0.3 is 0 Å². The van der Waals surface area contributed by atoms with Crippen LogP contribution in [0.2, 0.25) is 5.28 Å². The van der Waals surface area contributed by atoms with Gasteiger partial charge < -0.3 is 8.83 Å². The third kappa shape index (κ3) is 3.51. The zero-order valence-electron chi connectivity index (χ0n) is 20.4. The highest BCUT2D eigenvalue weighted by Crippen LogP contribution is 2.43. The monoisotopic (exact) mass is 523 g/mol. The van der Waals surface area contributed by atoms with Gasteiger partial charge in [-0.25, -0.2) is 4.98 Å². The van der Waals surface area contributed by atoms with Crippen molar-refractivity contribution < 1.29 is 8.83 Å². The molecule has 0 aliphatic rings. The van der Waals surface area contributed by atoms with Crippen LogP contribution >= 0.6 is 11.6 Å². The maximum absolute atomic E-state index is 6.47. The number of benzene rings is 5. The van der Waals surface area contributed by atoms with Crippen molar-refractivity contribution in [3.63, 3.8) is 0 Å². The second kappa shape index (κ2) is 8.51. The molecule has 3 aromatic heterocycles. The van der Waals surface area contributed by atoms with Gasteiger partial charge in [0.05, 0.1) is 0 Å². The maximum atomic E-state index is 6.47. The van der Waals surface area contributed by atoms with Gasteiger partial charge in [0.15, 0.2) is 11.6 Å². The second-order valence-electron chi connectivity index (χ2n) is 9.39. The third-order valence-electron chi connectivity index (χ3n) is 7.07. The van der Waals surface area contributed by atoms with Crippen molar-refractivity contribution in [2.24, 2.45) is 0 Å². The zero-order chi connectivity index (χ0) is 25.9. The summed E-state index contributed by atoms with van der Waals surface area (Å²) >= 11 is 6.43. The Bertz CT molecular complexity index is 2200. The minimum absolute atomic E-state index is 0.139. The van der Waals surface area contributed by atoms with E-state index in [1.165, 1.54) is 0 Å². The number of hydrogen-bond acceptors (Lipinski definition) is 5. The van der Waals surface area contributed by atoms with Crippen molar-refractivity contribution >= 4 is 55.5 Å². The van der Waals surface area contributed by atoms with Gasteiger partial charge in [-0.05, 0) is 47.5 Å². The van der Waals surface area contributed by atoms with E-state index in [0.717, 1.165) is 66.1 Å². The number of aromatic nitrogens is 3. The molecule has 5 aromatic carbocycles. The molecule has 0 unspecified atom stereocenters. The summed E-state index contributed by atoms with van der Waals surface area (Å²) < 4.78 is 12.7. The second-order valence-corrected chi connectivity index (χ2v) is 9.73. The first kappa shape index (κ1) is 22.0. The van der Waals surface area contributed by atoms with E-state index < -0.39 is 0 Å². The molecule has 3 heterocycles. The lowest BCUT2D eigenvalue weighted by Crippen LogP contribution is -1.97. The summed E-state index contributed by atoms with van der Waals surface area (Å²) in [5.74, 6) is 1.01. The van der Waals surface area contributed by atoms with Crippen molar-refractivity contribution in [2.75, 3.05) is 0 Å². The molecule has 5 nitrogen and oxygen atoms in total. The van der Waals surface area contributed by atoms with E-state index >= 15 is 0 Å². The number of rotatable bonds is 3. The summed E-state index contributed by atoms with van der Waals surface area (Å²) in [6.07, 6.45) is 0. The van der Waals surface area contributed by atoms with Gasteiger partial charge in [-0.15, -0.1) is 0 Å². The van der Waals surface area contributed by atoms with E-state index in [-0.39, 0.29) is 5.28 Å². The highest BCUT2D eigenvalue weighted by Gasteiger charge is 2.20. The van der Waals surface area contributed by atoms with Crippen molar-refractivity contribution in [3.05, 3.63) is 114 Å². The molecule has 0 saturated heterocycles. The number of para-hydroxylation sites is 2. The van der Waals surface area contributed by atoms with Gasteiger partial charge in [0.2, 0.25) is 5.28 Å². The summed E-state index contributed by atoms with van der Waals surface area (Å²) in [5, 5.41) is 4.21. The summed E-state index contributed by atoms with van der Waals surface area (Å²) in [5.41, 5.74) is 6.88. The summed E-state index contributed by atoms with van der Waals surface area (Å²) in [7, 11) is 0. The lowest BCUT2D eigenvalue weighted by molar-refractivity contribution is 0.668. The van der Waals surface area contributed by atoms with Crippen LogP contribution in [0.1, 0.15) is 0 Å². The van der Waals surface area contributed by atoms with E-state index in [0.29, 0.717) is 11.6 Å². The molecule has 0 bridgehead atoms. The first-order valence-corrected chi connectivity index (χ1v) is 12.9. The van der Waals surface area contributed by atoms with Crippen molar-refractivity contribution in [3.8, 4) is 33.9 Å². The van der Waals surface area contributed by atoms with E-state index in [1.54, 1.807) is 0 Å². The molecule has 0 aliphatic heterocycles. The molecule has 184 valence electrons. The van der Waals surface area contributed by atoms with Gasteiger partial charge in [-0.2, -0.15) is 9.97 Å². The van der Waals surface area contributed by atoms with Crippen LogP contribution in [0, 0.1) is 0 Å². The third-order valence-corrected chi connectivity index (χ3v) is 7.24. The molecular weight excluding hydrogens is 506 g/mol. The van der Waals surface area contributed by atoms with Crippen LogP contribution in [0.3, 0.4) is 0 Å². The Morgan fingerprint density at radius 2 is 1.15 bits per heavy atom. The van der Waals surface area contributed by atoms with Crippen molar-refractivity contribution in [1.29, 1.82) is 0 Å². The fourth-order valence-electron chi connectivity index (χ4n) is 5.35. The minimum Gasteiger partial charge on any atom is -0.456 e. The Morgan fingerprint density at radius 1 is 0.487 bits per heavy atom. The molecule has 0 aliphatic carbocycles. The highest BCUT2D eigenvalue weighted by atomic mass is 35.5. The van der Waals surface area contributed by atoms with Gasteiger partial charge in [0, 0.05) is 38.2 Å². The molecule has 0 atom stereocenters.